The standard InChI is InChI=1S/C10H14BrNS/c1-2-7-6-12-4-3-9-8(7)5-10(11)13-9/h5,7,12H,2-4,6H2,1H3/t7-/m0/s1. The second-order valence-electron chi connectivity index (χ2n) is 3.49. The summed E-state index contributed by atoms with van der Waals surface area (Å²) in [6.45, 7) is 4.55. The van der Waals surface area contributed by atoms with Crippen LogP contribution in [-0.2, 0) is 6.42 Å². The number of hydrogen-bond acceptors (Lipinski definition) is 2. The molecule has 13 heavy (non-hydrogen) atoms. The molecule has 0 unspecified atom stereocenters. The molecule has 2 heterocycles. The molecule has 0 saturated heterocycles. The van der Waals surface area contributed by atoms with E-state index in [9.17, 15) is 0 Å². The minimum Gasteiger partial charge on any atom is -0.316 e. The van der Waals surface area contributed by atoms with E-state index in [1.165, 1.54) is 16.6 Å². The molecule has 0 radical (unpaired) electrons. The molecule has 1 nitrogen and oxygen atoms in total. The maximum absolute atomic E-state index is 3.57. The van der Waals surface area contributed by atoms with Crippen LogP contribution in [0.25, 0.3) is 0 Å². The fourth-order valence-electron chi connectivity index (χ4n) is 1.90. The summed E-state index contributed by atoms with van der Waals surface area (Å²) >= 11 is 5.47. The highest BCUT2D eigenvalue weighted by Gasteiger charge is 2.18. The van der Waals surface area contributed by atoms with Crippen LogP contribution in [0.1, 0.15) is 29.7 Å². The fourth-order valence-corrected chi connectivity index (χ4v) is 3.70. The van der Waals surface area contributed by atoms with Crippen molar-refractivity contribution in [1.82, 2.24) is 5.32 Å². The van der Waals surface area contributed by atoms with Gasteiger partial charge in [0, 0.05) is 11.4 Å². The van der Waals surface area contributed by atoms with Crippen LogP contribution in [0.5, 0.6) is 0 Å². The van der Waals surface area contributed by atoms with Crippen LogP contribution in [0.2, 0.25) is 0 Å². The van der Waals surface area contributed by atoms with Gasteiger partial charge in [-0.3, -0.25) is 0 Å². The quantitative estimate of drug-likeness (QED) is 0.818. The zero-order chi connectivity index (χ0) is 9.26. The van der Waals surface area contributed by atoms with Gasteiger partial charge < -0.3 is 5.32 Å². The summed E-state index contributed by atoms with van der Waals surface area (Å²) in [4.78, 5) is 1.57. The second kappa shape index (κ2) is 4.11. The number of hydrogen-bond donors (Lipinski definition) is 1. The summed E-state index contributed by atoms with van der Waals surface area (Å²) in [5, 5.41) is 3.49. The van der Waals surface area contributed by atoms with Crippen molar-refractivity contribution in [3.8, 4) is 0 Å². The van der Waals surface area contributed by atoms with E-state index in [0.29, 0.717) is 0 Å². The molecule has 3 heteroatoms. The van der Waals surface area contributed by atoms with Crippen molar-refractivity contribution in [2.24, 2.45) is 0 Å². The van der Waals surface area contributed by atoms with Gasteiger partial charge in [-0.15, -0.1) is 11.3 Å². The van der Waals surface area contributed by atoms with Crippen LogP contribution in [0.4, 0.5) is 0 Å². The van der Waals surface area contributed by atoms with Crippen molar-refractivity contribution in [2.45, 2.75) is 25.7 Å². The Labute approximate surface area is 91.7 Å². The van der Waals surface area contributed by atoms with Gasteiger partial charge in [0.2, 0.25) is 0 Å². The number of rotatable bonds is 1. The maximum atomic E-state index is 3.57. The average molecular weight is 260 g/mol. The molecule has 1 aliphatic rings. The predicted molar refractivity (Wildman–Crippen MR) is 61.6 cm³/mol. The largest absolute Gasteiger partial charge is 0.316 e. The van der Waals surface area contributed by atoms with Gasteiger partial charge in [-0.25, -0.2) is 0 Å². The predicted octanol–water partition coefficient (Wildman–Crippen LogP) is 3.15. The van der Waals surface area contributed by atoms with E-state index in [4.69, 9.17) is 0 Å². The fraction of sp³-hybridized carbons (Fsp3) is 0.600. The van der Waals surface area contributed by atoms with Crippen molar-refractivity contribution in [1.29, 1.82) is 0 Å². The lowest BCUT2D eigenvalue weighted by Crippen LogP contribution is -2.19. The summed E-state index contributed by atoms with van der Waals surface area (Å²) in [5.41, 5.74) is 1.57. The molecular formula is C10H14BrNS. The average Bonchev–Trinajstić information content (AvgIpc) is 2.37. The number of thiophene rings is 1. The molecule has 1 aromatic heterocycles. The van der Waals surface area contributed by atoms with Gasteiger partial charge in [-0.1, -0.05) is 6.92 Å². The van der Waals surface area contributed by atoms with Crippen molar-refractivity contribution >= 4 is 27.3 Å². The van der Waals surface area contributed by atoms with Crippen LogP contribution in [-0.4, -0.2) is 13.1 Å². The zero-order valence-electron chi connectivity index (χ0n) is 7.77. The molecule has 1 atom stereocenters. The maximum Gasteiger partial charge on any atom is 0.0704 e. The Kier molecular flexibility index (Phi) is 3.06. The van der Waals surface area contributed by atoms with Crippen molar-refractivity contribution in [3.05, 3.63) is 20.3 Å². The van der Waals surface area contributed by atoms with E-state index >= 15 is 0 Å². The van der Waals surface area contributed by atoms with Gasteiger partial charge in [-0.2, -0.15) is 0 Å². The van der Waals surface area contributed by atoms with Gasteiger partial charge >= 0.3 is 0 Å². The Morgan fingerprint density at radius 2 is 2.54 bits per heavy atom. The molecule has 0 saturated carbocycles. The molecule has 0 aliphatic carbocycles. The summed E-state index contributed by atoms with van der Waals surface area (Å²) in [6.07, 6.45) is 2.44. The van der Waals surface area contributed by atoms with E-state index < -0.39 is 0 Å². The van der Waals surface area contributed by atoms with E-state index in [0.717, 1.165) is 19.0 Å². The third kappa shape index (κ3) is 1.97. The summed E-state index contributed by atoms with van der Waals surface area (Å²) in [6, 6.07) is 2.31. The Morgan fingerprint density at radius 1 is 1.69 bits per heavy atom. The Morgan fingerprint density at radius 3 is 3.31 bits per heavy atom. The van der Waals surface area contributed by atoms with E-state index in [1.807, 2.05) is 11.3 Å². The summed E-state index contributed by atoms with van der Waals surface area (Å²) < 4.78 is 1.29. The number of halogens is 1. The van der Waals surface area contributed by atoms with Crippen molar-refractivity contribution in [3.63, 3.8) is 0 Å². The van der Waals surface area contributed by atoms with Crippen LogP contribution in [0.3, 0.4) is 0 Å². The molecular weight excluding hydrogens is 246 g/mol. The molecule has 1 N–H and O–H groups in total. The highest BCUT2D eigenvalue weighted by molar-refractivity contribution is 9.11. The monoisotopic (exact) mass is 259 g/mol. The topological polar surface area (TPSA) is 12.0 Å². The molecule has 1 aliphatic heterocycles. The van der Waals surface area contributed by atoms with Gasteiger partial charge in [-0.05, 0) is 52.9 Å². The molecule has 72 valence electrons. The first kappa shape index (κ1) is 9.69. The van der Waals surface area contributed by atoms with E-state index in [2.05, 4.69) is 34.2 Å². The number of nitrogens with one attached hydrogen (secondary N) is 1. The molecule has 0 amide bonds. The third-order valence-corrected chi connectivity index (χ3v) is 4.38. The first-order valence-electron chi connectivity index (χ1n) is 4.80. The van der Waals surface area contributed by atoms with Crippen molar-refractivity contribution < 1.29 is 0 Å². The van der Waals surface area contributed by atoms with Gasteiger partial charge in [0.1, 0.15) is 0 Å². The van der Waals surface area contributed by atoms with E-state index in [-0.39, 0.29) is 0 Å². The first-order valence-corrected chi connectivity index (χ1v) is 6.41. The highest BCUT2D eigenvalue weighted by atomic mass is 79.9. The minimum atomic E-state index is 0.722. The lowest BCUT2D eigenvalue weighted by molar-refractivity contribution is 0.594. The smallest absolute Gasteiger partial charge is 0.0704 e. The number of fused-ring (bicyclic) bond motifs is 1. The lowest BCUT2D eigenvalue weighted by atomic mass is 9.98. The van der Waals surface area contributed by atoms with E-state index in [1.54, 1.807) is 10.4 Å². The highest BCUT2D eigenvalue weighted by Crippen LogP contribution is 2.34. The molecule has 0 spiro atoms. The first-order chi connectivity index (χ1) is 6.31. The van der Waals surface area contributed by atoms with Crippen LogP contribution >= 0.6 is 27.3 Å². The minimum absolute atomic E-state index is 0.722. The van der Waals surface area contributed by atoms with Crippen molar-refractivity contribution in [2.75, 3.05) is 13.1 Å². The molecule has 1 aromatic rings. The Balaban J connectivity index is 2.34. The van der Waals surface area contributed by atoms with Gasteiger partial charge in [0.15, 0.2) is 0 Å². The molecule has 0 bridgehead atoms. The molecule has 2 rings (SSSR count). The zero-order valence-corrected chi connectivity index (χ0v) is 10.2. The Hall–Kier alpha value is 0.140. The van der Waals surface area contributed by atoms with Crippen LogP contribution in [0, 0.1) is 0 Å². The Bertz CT molecular complexity index is 295. The SMILES string of the molecule is CC[C@H]1CNCCc2sc(Br)cc21. The molecule has 0 aromatic carbocycles. The van der Waals surface area contributed by atoms with Crippen LogP contribution in [0.15, 0.2) is 9.85 Å². The van der Waals surface area contributed by atoms with Crippen LogP contribution < -0.4 is 5.32 Å². The van der Waals surface area contributed by atoms with Gasteiger partial charge in [0.25, 0.3) is 0 Å². The second-order valence-corrected chi connectivity index (χ2v) is 6.00. The van der Waals surface area contributed by atoms with Gasteiger partial charge in [0.05, 0.1) is 3.79 Å². The summed E-state index contributed by atoms with van der Waals surface area (Å²) in [5.74, 6) is 0.722. The normalized spacial score (nSPS) is 22.5. The lowest BCUT2D eigenvalue weighted by Gasteiger charge is -2.11. The summed E-state index contributed by atoms with van der Waals surface area (Å²) in [7, 11) is 0. The third-order valence-electron chi connectivity index (χ3n) is 2.66. The molecule has 0 fully saturated rings.